The lowest BCUT2D eigenvalue weighted by Crippen LogP contribution is -2.16. The van der Waals surface area contributed by atoms with Crippen LogP contribution in [0.3, 0.4) is 0 Å². The molecule has 4 rings (SSSR count). The molecule has 0 unspecified atom stereocenters. The molecule has 0 atom stereocenters. The van der Waals surface area contributed by atoms with Gasteiger partial charge in [0.2, 0.25) is 5.91 Å². The van der Waals surface area contributed by atoms with Gasteiger partial charge < -0.3 is 15.8 Å². The van der Waals surface area contributed by atoms with E-state index in [9.17, 15) is 9.59 Å². The summed E-state index contributed by atoms with van der Waals surface area (Å²) in [6.07, 6.45) is 3.98. The van der Waals surface area contributed by atoms with Gasteiger partial charge in [-0.2, -0.15) is 5.10 Å². The molecular weight excluding hydrogens is 382 g/mol. The van der Waals surface area contributed by atoms with E-state index >= 15 is 0 Å². The molecule has 30 heavy (non-hydrogen) atoms. The predicted octanol–water partition coefficient (Wildman–Crippen LogP) is 3.40. The number of benzene rings is 1. The van der Waals surface area contributed by atoms with Crippen molar-refractivity contribution in [1.29, 1.82) is 0 Å². The Hall–Kier alpha value is -3.42. The van der Waals surface area contributed by atoms with Gasteiger partial charge in [-0.25, -0.2) is 9.67 Å². The van der Waals surface area contributed by atoms with Crippen LogP contribution < -0.4 is 15.8 Å². The van der Waals surface area contributed by atoms with Gasteiger partial charge in [-0.05, 0) is 44.9 Å². The molecule has 156 valence electrons. The zero-order chi connectivity index (χ0) is 21.3. The van der Waals surface area contributed by atoms with Crippen LogP contribution in [-0.4, -0.2) is 33.2 Å². The summed E-state index contributed by atoms with van der Waals surface area (Å²) in [5, 5.41) is 8.10. The molecule has 0 radical (unpaired) electrons. The molecule has 0 spiro atoms. The largest absolute Gasteiger partial charge is 0.491 e. The van der Waals surface area contributed by atoms with Crippen LogP contribution in [0.1, 0.15) is 61.1 Å². The number of amides is 2. The average molecular weight is 407 g/mol. The maximum atomic E-state index is 13.2. The van der Waals surface area contributed by atoms with Crippen molar-refractivity contribution in [2.24, 2.45) is 5.73 Å². The fraction of sp³-hybridized carbons (Fsp3) is 0.364. The first kappa shape index (κ1) is 19.9. The van der Waals surface area contributed by atoms with Gasteiger partial charge in [0.1, 0.15) is 5.75 Å². The summed E-state index contributed by atoms with van der Waals surface area (Å²) in [5.41, 5.74) is 7.90. The number of para-hydroxylation sites is 2. The van der Waals surface area contributed by atoms with E-state index in [1.165, 1.54) is 0 Å². The first-order valence-electron chi connectivity index (χ1n) is 10.1. The van der Waals surface area contributed by atoms with Crippen LogP contribution in [0.25, 0.3) is 11.0 Å². The lowest BCUT2D eigenvalue weighted by molar-refractivity contribution is -0.118. The molecule has 1 fully saturated rings. The Morgan fingerprint density at radius 1 is 1.30 bits per heavy atom. The van der Waals surface area contributed by atoms with E-state index in [1.807, 2.05) is 30.7 Å². The predicted molar refractivity (Wildman–Crippen MR) is 114 cm³/mol. The van der Waals surface area contributed by atoms with Gasteiger partial charge in [0.15, 0.2) is 5.65 Å². The molecule has 3 aromatic rings. The summed E-state index contributed by atoms with van der Waals surface area (Å²) in [7, 11) is 0. The normalized spacial score (nSPS) is 13.6. The van der Waals surface area contributed by atoms with Gasteiger partial charge in [-0.1, -0.05) is 12.1 Å². The highest BCUT2D eigenvalue weighted by molar-refractivity contribution is 6.12. The quantitative estimate of drug-likeness (QED) is 0.594. The molecule has 0 saturated heterocycles. The number of hydrogen-bond donors (Lipinski definition) is 2. The van der Waals surface area contributed by atoms with E-state index in [-0.39, 0.29) is 25.0 Å². The molecule has 1 saturated carbocycles. The summed E-state index contributed by atoms with van der Waals surface area (Å²) in [5.74, 6) is 0.197. The van der Waals surface area contributed by atoms with Crippen LogP contribution in [0.15, 0.2) is 36.5 Å². The molecular formula is C22H25N5O3. The molecule has 2 heterocycles. The van der Waals surface area contributed by atoms with Crippen LogP contribution in [0, 0.1) is 0 Å². The van der Waals surface area contributed by atoms with E-state index in [4.69, 9.17) is 15.5 Å². The van der Waals surface area contributed by atoms with Gasteiger partial charge in [-0.3, -0.25) is 9.59 Å². The fourth-order valence-corrected chi connectivity index (χ4v) is 3.34. The standard InChI is InChI=1S/C22H25N5O3/c1-13(2)27-21-16(12-24-27)15(11-18(25-21)14-7-8-14)22(29)26-17-5-3-4-6-19(17)30-10-9-20(23)28/h3-6,11-14H,7-10H2,1-2H3,(H2,23,28)(H,26,29). The Morgan fingerprint density at radius 2 is 2.07 bits per heavy atom. The second-order valence-electron chi connectivity index (χ2n) is 7.80. The summed E-state index contributed by atoms with van der Waals surface area (Å²) in [6.45, 7) is 4.23. The van der Waals surface area contributed by atoms with Gasteiger partial charge in [0.05, 0.1) is 35.9 Å². The van der Waals surface area contributed by atoms with E-state index < -0.39 is 5.91 Å². The van der Waals surface area contributed by atoms with Gasteiger partial charge >= 0.3 is 0 Å². The van der Waals surface area contributed by atoms with Crippen molar-refractivity contribution in [3.05, 3.63) is 47.8 Å². The number of hydrogen-bond acceptors (Lipinski definition) is 5. The van der Waals surface area contributed by atoms with Crippen molar-refractivity contribution < 1.29 is 14.3 Å². The van der Waals surface area contributed by atoms with Crippen molar-refractivity contribution in [3.8, 4) is 5.75 Å². The van der Waals surface area contributed by atoms with Crippen molar-refractivity contribution in [1.82, 2.24) is 14.8 Å². The second-order valence-corrected chi connectivity index (χ2v) is 7.80. The van der Waals surface area contributed by atoms with Gasteiger partial charge in [-0.15, -0.1) is 0 Å². The Morgan fingerprint density at radius 3 is 2.77 bits per heavy atom. The minimum absolute atomic E-state index is 0.104. The molecule has 1 aromatic carbocycles. The van der Waals surface area contributed by atoms with Crippen LogP contribution in [0.4, 0.5) is 5.69 Å². The number of carbonyl (C=O) groups excluding carboxylic acids is 2. The molecule has 2 amide bonds. The van der Waals surface area contributed by atoms with Gasteiger partial charge in [0, 0.05) is 17.7 Å². The molecule has 1 aliphatic rings. The number of primary amides is 1. The number of pyridine rings is 1. The van der Waals surface area contributed by atoms with E-state index in [0.29, 0.717) is 22.9 Å². The minimum atomic E-state index is -0.439. The monoisotopic (exact) mass is 407 g/mol. The highest BCUT2D eigenvalue weighted by Gasteiger charge is 2.28. The number of aromatic nitrogens is 3. The summed E-state index contributed by atoms with van der Waals surface area (Å²) >= 11 is 0. The van der Waals surface area contributed by atoms with Crippen LogP contribution in [0.2, 0.25) is 0 Å². The van der Waals surface area contributed by atoms with E-state index in [1.54, 1.807) is 24.4 Å². The van der Waals surface area contributed by atoms with E-state index in [2.05, 4.69) is 10.4 Å². The third-order valence-electron chi connectivity index (χ3n) is 5.06. The SMILES string of the molecule is CC(C)n1ncc2c(C(=O)Nc3ccccc3OCCC(N)=O)cc(C3CC3)nc21. The summed E-state index contributed by atoms with van der Waals surface area (Å²) in [6, 6.07) is 9.13. The maximum absolute atomic E-state index is 13.2. The fourth-order valence-electron chi connectivity index (χ4n) is 3.34. The Kier molecular flexibility index (Phi) is 5.39. The highest BCUT2D eigenvalue weighted by Crippen LogP contribution is 2.40. The molecule has 1 aliphatic carbocycles. The molecule has 8 heteroatoms. The second kappa shape index (κ2) is 8.14. The lowest BCUT2D eigenvalue weighted by atomic mass is 10.1. The molecule has 0 bridgehead atoms. The first-order chi connectivity index (χ1) is 14.4. The average Bonchev–Trinajstić information content (AvgIpc) is 3.47. The topological polar surface area (TPSA) is 112 Å². The zero-order valence-electron chi connectivity index (χ0n) is 17.1. The minimum Gasteiger partial charge on any atom is -0.491 e. The van der Waals surface area contributed by atoms with Crippen LogP contribution >= 0.6 is 0 Å². The Labute approximate surface area is 174 Å². The Balaban J connectivity index is 1.65. The van der Waals surface area contributed by atoms with Crippen molar-refractivity contribution in [2.45, 2.75) is 45.1 Å². The third-order valence-corrected chi connectivity index (χ3v) is 5.06. The summed E-state index contributed by atoms with van der Waals surface area (Å²) < 4.78 is 7.48. The smallest absolute Gasteiger partial charge is 0.256 e. The molecule has 3 N–H and O–H groups in total. The molecule has 2 aromatic heterocycles. The maximum Gasteiger partial charge on any atom is 0.256 e. The van der Waals surface area contributed by atoms with Crippen molar-refractivity contribution in [2.75, 3.05) is 11.9 Å². The number of nitrogens with two attached hydrogens (primary N) is 1. The first-order valence-corrected chi connectivity index (χ1v) is 10.1. The lowest BCUT2D eigenvalue weighted by Gasteiger charge is -2.13. The van der Waals surface area contributed by atoms with Crippen LogP contribution in [-0.2, 0) is 4.79 Å². The Bertz CT molecular complexity index is 1100. The summed E-state index contributed by atoms with van der Waals surface area (Å²) in [4.78, 5) is 29.0. The number of anilines is 1. The van der Waals surface area contributed by atoms with Crippen LogP contribution in [0.5, 0.6) is 5.75 Å². The zero-order valence-corrected chi connectivity index (χ0v) is 17.1. The highest BCUT2D eigenvalue weighted by atomic mass is 16.5. The number of fused-ring (bicyclic) bond motifs is 1. The number of carbonyl (C=O) groups is 2. The molecule has 8 nitrogen and oxygen atoms in total. The third kappa shape index (κ3) is 4.12. The number of rotatable bonds is 8. The number of ether oxygens (including phenoxy) is 1. The van der Waals surface area contributed by atoms with Gasteiger partial charge in [0.25, 0.3) is 5.91 Å². The molecule has 0 aliphatic heterocycles. The van der Waals surface area contributed by atoms with Crippen molar-refractivity contribution >= 4 is 28.5 Å². The van der Waals surface area contributed by atoms with Crippen molar-refractivity contribution in [3.63, 3.8) is 0 Å². The number of nitrogens with one attached hydrogen (secondary N) is 1. The number of nitrogens with zero attached hydrogens (tertiary/aromatic N) is 3. The van der Waals surface area contributed by atoms with E-state index in [0.717, 1.165) is 29.6 Å².